The Balaban J connectivity index is 1.90. The molecule has 0 N–H and O–H groups in total. The zero-order valence-electron chi connectivity index (χ0n) is 12.8. The first-order chi connectivity index (χ1) is 10.2. The van der Waals surface area contributed by atoms with E-state index in [-0.39, 0.29) is 5.97 Å². The van der Waals surface area contributed by atoms with Gasteiger partial charge < -0.3 is 4.74 Å². The number of hydrogen-bond donors (Lipinski definition) is 0. The van der Waals surface area contributed by atoms with Crippen molar-refractivity contribution >= 4 is 5.97 Å². The van der Waals surface area contributed by atoms with Gasteiger partial charge in [-0.05, 0) is 43.4 Å². The molecule has 0 saturated carbocycles. The topological polar surface area (TPSA) is 26.3 Å². The molecule has 2 aromatic carbocycles. The molecule has 2 aromatic rings. The molecule has 0 amide bonds. The van der Waals surface area contributed by atoms with Gasteiger partial charge in [0.1, 0.15) is 0 Å². The third-order valence-corrected chi connectivity index (χ3v) is 3.49. The second-order valence-electron chi connectivity index (χ2n) is 5.22. The lowest BCUT2D eigenvalue weighted by Crippen LogP contribution is -2.03. The maximum Gasteiger partial charge on any atom is 0.305 e. The van der Waals surface area contributed by atoms with Crippen molar-refractivity contribution in [2.24, 2.45) is 0 Å². The van der Waals surface area contributed by atoms with Crippen LogP contribution in [0.3, 0.4) is 0 Å². The van der Waals surface area contributed by atoms with Crippen LogP contribution < -0.4 is 0 Å². The van der Waals surface area contributed by atoms with E-state index in [9.17, 15) is 4.79 Å². The lowest BCUT2D eigenvalue weighted by Gasteiger charge is -2.05. The van der Waals surface area contributed by atoms with Gasteiger partial charge in [0.15, 0.2) is 0 Å². The molecule has 0 heterocycles. The first-order valence-corrected chi connectivity index (χ1v) is 7.50. The third kappa shape index (κ3) is 4.75. The Labute approximate surface area is 126 Å². The molecule has 0 aliphatic rings. The molecule has 0 aromatic heterocycles. The lowest BCUT2D eigenvalue weighted by molar-refractivity contribution is -0.143. The van der Waals surface area contributed by atoms with Gasteiger partial charge >= 0.3 is 5.97 Å². The molecule has 0 fully saturated rings. The van der Waals surface area contributed by atoms with Crippen LogP contribution in [-0.2, 0) is 16.0 Å². The van der Waals surface area contributed by atoms with Crippen LogP contribution in [0, 0.1) is 6.92 Å². The van der Waals surface area contributed by atoms with Gasteiger partial charge in [-0.3, -0.25) is 4.79 Å². The number of aryl methyl sites for hydroxylation is 2. The number of carbonyl (C=O) groups excluding carboxylic acids is 1. The largest absolute Gasteiger partial charge is 0.466 e. The fourth-order valence-corrected chi connectivity index (χ4v) is 2.28. The summed E-state index contributed by atoms with van der Waals surface area (Å²) in [6.45, 7) is 4.39. The van der Waals surface area contributed by atoms with Gasteiger partial charge in [0.2, 0.25) is 0 Å². The molecule has 21 heavy (non-hydrogen) atoms. The second kappa shape index (κ2) is 7.63. The van der Waals surface area contributed by atoms with Crippen LogP contribution in [0.15, 0.2) is 48.5 Å². The van der Waals surface area contributed by atoms with Crippen molar-refractivity contribution in [3.05, 3.63) is 59.7 Å². The summed E-state index contributed by atoms with van der Waals surface area (Å²) in [7, 11) is 0. The van der Waals surface area contributed by atoms with Gasteiger partial charge in [0.05, 0.1) is 6.61 Å². The Bertz CT molecular complexity index is 568. The molecule has 2 heteroatoms. The summed E-state index contributed by atoms with van der Waals surface area (Å²) >= 11 is 0. The van der Waals surface area contributed by atoms with Gasteiger partial charge in [-0.1, -0.05) is 54.1 Å². The molecule has 0 radical (unpaired) electrons. The predicted molar refractivity (Wildman–Crippen MR) is 86.2 cm³/mol. The number of rotatable bonds is 6. The zero-order valence-corrected chi connectivity index (χ0v) is 12.8. The highest BCUT2D eigenvalue weighted by Gasteiger charge is 2.02. The minimum atomic E-state index is -0.103. The number of ether oxygens (including phenoxy) is 1. The van der Waals surface area contributed by atoms with E-state index in [1.165, 1.54) is 22.3 Å². The monoisotopic (exact) mass is 282 g/mol. The van der Waals surface area contributed by atoms with Crippen molar-refractivity contribution in [1.29, 1.82) is 0 Å². The van der Waals surface area contributed by atoms with Gasteiger partial charge in [0.25, 0.3) is 0 Å². The SMILES string of the molecule is CCOC(=O)CCCc1ccc(-c2ccc(C)cc2)cc1. The maximum absolute atomic E-state index is 11.3. The fraction of sp³-hybridized carbons (Fsp3) is 0.316. The van der Waals surface area contributed by atoms with E-state index >= 15 is 0 Å². The Morgan fingerprint density at radius 3 is 2.10 bits per heavy atom. The summed E-state index contributed by atoms with van der Waals surface area (Å²) in [6.07, 6.45) is 2.24. The van der Waals surface area contributed by atoms with Crippen molar-refractivity contribution in [3.8, 4) is 11.1 Å². The van der Waals surface area contributed by atoms with E-state index in [1.54, 1.807) is 0 Å². The van der Waals surface area contributed by atoms with Gasteiger partial charge in [-0.15, -0.1) is 0 Å². The van der Waals surface area contributed by atoms with Gasteiger partial charge in [-0.25, -0.2) is 0 Å². The van der Waals surface area contributed by atoms with Crippen LogP contribution in [0.5, 0.6) is 0 Å². The highest BCUT2D eigenvalue weighted by molar-refractivity contribution is 5.69. The first-order valence-electron chi connectivity index (χ1n) is 7.50. The quantitative estimate of drug-likeness (QED) is 0.727. The van der Waals surface area contributed by atoms with Crippen LogP contribution in [-0.4, -0.2) is 12.6 Å². The molecule has 0 atom stereocenters. The molecule has 0 bridgehead atoms. The Hall–Kier alpha value is -2.09. The van der Waals surface area contributed by atoms with E-state index in [2.05, 4.69) is 55.5 Å². The highest BCUT2D eigenvalue weighted by atomic mass is 16.5. The molecule has 0 saturated heterocycles. The lowest BCUT2D eigenvalue weighted by atomic mass is 10.0. The molecular formula is C19H22O2. The minimum Gasteiger partial charge on any atom is -0.466 e. The van der Waals surface area contributed by atoms with E-state index in [4.69, 9.17) is 4.74 Å². The maximum atomic E-state index is 11.3. The molecule has 2 rings (SSSR count). The Morgan fingerprint density at radius 2 is 1.52 bits per heavy atom. The molecule has 0 aliphatic heterocycles. The normalized spacial score (nSPS) is 10.4. The molecule has 2 nitrogen and oxygen atoms in total. The minimum absolute atomic E-state index is 0.103. The standard InChI is InChI=1S/C19H22O2/c1-3-21-19(20)6-4-5-16-9-13-18(14-10-16)17-11-7-15(2)8-12-17/h7-14H,3-6H2,1-2H3. The van der Waals surface area contributed by atoms with Crippen molar-refractivity contribution in [3.63, 3.8) is 0 Å². The molecular weight excluding hydrogens is 260 g/mol. The van der Waals surface area contributed by atoms with Crippen LogP contribution in [0.1, 0.15) is 30.9 Å². The van der Waals surface area contributed by atoms with E-state index in [0.717, 1.165) is 12.8 Å². The summed E-state index contributed by atoms with van der Waals surface area (Å²) in [5.41, 5.74) is 4.99. The smallest absolute Gasteiger partial charge is 0.305 e. The van der Waals surface area contributed by atoms with Gasteiger partial charge in [0, 0.05) is 6.42 Å². The fourth-order valence-electron chi connectivity index (χ4n) is 2.28. The van der Waals surface area contributed by atoms with Crippen molar-refractivity contribution in [1.82, 2.24) is 0 Å². The van der Waals surface area contributed by atoms with Crippen molar-refractivity contribution in [2.75, 3.05) is 6.61 Å². The average Bonchev–Trinajstić information content (AvgIpc) is 2.49. The predicted octanol–water partition coefficient (Wildman–Crippen LogP) is 4.55. The highest BCUT2D eigenvalue weighted by Crippen LogP contribution is 2.20. The third-order valence-electron chi connectivity index (χ3n) is 3.49. The summed E-state index contributed by atoms with van der Waals surface area (Å²) in [4.78, 5) is 11.3. The van der Waals surface area contributed by atoms with E-state index < -0.39 is 0 Å². The Kier molecular flexibility index (Phi) is 5.56. The number of carbonyl (C=O) groups is 1. The van der Waals surface area contributed by atoms with Crippen molar-refractivity contribution < 1.29 is 9.53 Å². The summed E-state index contributed by atoms with van der Waals surface area (Å²) in [6, 6.07) is 17.1. The van der Waals surface area contributed by atoms with Crippen LogP contribution in [0.25, 0.3) is 11.1 Å². The van der Waals surface area contributed by atoms with Crippen molar-refractivity contribution in [2.45, 2.75) is 33.1 Å². The molecule has 110 valence electrons. The average molecular weight is 282 g/mol. The second-order valence-corrected chi connectivity index (χ2v) is 5.22. The Morgan fingerprint density at radius 1 is 0.952 bits per heavy atom. The summed E-state index contributed by atoms with van der Waals surface area (Å²) in [5, 5.41) is 0. The van der Waals surface area contributed by atoms with Gasteiger partial charge in [-0.2, -0.15) is 0 Å². The summed E-state index contributed by atoms with van der Waals surface area (Å²) < 4.78 is 4.93. The number of esters is 1. The van der Waals surface area contributed by atoms with E-state index in [0.29, 0.717) is 13.0 Å². The van der Waals surface area contributed by atoms with Crippen LogP contribution in [0.2, 0.25) is 0 Å². The first kappa shape index (κ1) is 15.3. The van der Waals surface area contributed by atoms with E-state index in [1.807, 2.05) is 6.92 Å². The number of benzene rings is 2. The van der Waals surface area contributed by atoms with Crippen LogP contribution >= 0.6 is 0 Å². The molecule has 0 unspecified atom stereocenters. The summed E-state index contributed by atoms with van der Waals surface area (Å²) in [5.74, 6) is -0.103. The zero-order chi connectivity index (χ0) is 15.1. The van der Waals surface area contributed by atoms with Crippen LogP contribution in [0.4, 0.5) is 0 Å². The molecule has 0 spiro atoms. The number of hydrogen-bond acceptors (Lipinski definition) is 2. The molecule has 0 aliphatic carbocycles.